The second-order valence-corrected chi connectivity index (χ2v) is 4.70. The summed E-state index contributed by atoms with van der Waals surface area (Å²) in [4.78, 5) is 13.2. The molecule has 0 radical (unpaired) electrons. The molecule has 0 spiro atoms. The number of hydrogen-bond acceptors (Lipinski definition) is 3. The van der Waals surface area contributed by atoms with Crippen molar-refractivity contribution in [2.24, 2.45) is 0 Å². The summed E-state index contributed by atoms with van der Waals surface area (Å²) in [6, 6.07) is 17.4. The Morgan fingerprint density at radius 1 is 1.05 bits per heavy atom. The van der Waals surface area contributed by atoms with Crippen LogP contribution < -0.4 is 4.90 Å². The van der Waals surface area contributed by atoms with Crippen molar-refractivity contribution in [2.75, 3.05) is 18.1 Å². The molecule has 1 unspecified atom stereocenters. The number of nitrogens with zero attached hydrogens (tertiary/aromatic N) is 1. The molecule has 0 saturated carbocycles. The van der Waals surface area contributed by atoms with Crippen molar-refractivity contribution in [2.45, 2.75) is 6.04 Å². The Balaban J connectivity index is 1.88. The zero-order valence-electron chi connectivity index (χ0n) is 10.9. The number of carbonyl (C=O) groups is 1. The minimum atomic E-state index is -0.406. The SMILES string of the molecule is O=C1OCC(CO)N1c1ccc(-c2ccccc2)cc1. The lowest BCUT2D eigenvalue weighted by molar-refractivity contribution is 0.174. The number of aliphatic hydroxyl groups excluding tert-OH is 1. The molecule has 1 aliphatic heterocycles. The molecule has 1 heterocycles. The van der Waals surface area contributed by atoms with Gasteiger partial charge in [-0.05, 0) is 23.3 Å². The van der Waals surface area contributed by atoms with Gasteiger partial charge in [0.15, 0.2) is 0 Å². The molecule has 1 amide bonds. The van der Waals surface area contributed by atoms with Crippen LogP contribution in [0.1, 0.15) is 0 Å². The first-order valence-corrected chi connectivity index (χ1v) is 6.52. The average molecular weight is 269 g/mol. The summed E-state index contributed by atoms with van der Waals surface area (Å²) in [6.07, 6.45) is -0.406. The lowest BCUT2D eigenvalue weighted by Crippen LogP contribution is -2.35. The number of carbonyl (C=O) groups excluding carboxylic acids is 1. The minimum Gasteiger partial charge on any atom is -0.447 e. The van der Waals surface area contributed by atoms with Crippen LogP contribution in [-0.2, 0) is 4.74 Å². The summed E-state index contributed by atoms with van der Waals surface area (Å²) in [5, 5.41) is 9.27. The number of benzene rings is 2. The van der Waals surface area contributed by atoms with Crippen LogP contribution in [0.25, 0.3) is 11.1 Å². The highest BCUT2D eigenvalue weighted by atomic mass is 16.6. The highest BCUT2D eigenvalue weighted by Gasteiger charge is 2.33. The Labute approximate surface area is 117 Å². The number of anilines is 1. The maximum Gasteiger partial charge on any atom is 0.414 e. The van der Waals surface area contributed by atoms with Crippen molar-refractivity contribution >= 4 is 11.8 Å². The van der Waals surface area contributed by atoms with Gasteiger partial charge in [-0.2, -0.15) is 0 Å². The van der Waals surface area contributed by atoms with E-state index in [2.05, 4.69) is 0 Å². The molecular formula is C16H15NO3. The molecule has 2 aromatic carbocycles. The van der Waals surface area contributed by atoms with Crippen molar-refractivity contribution in [1.29, 1.82) is 0 Å². The summed E-state index contributed by atoms with van der Waals surface area (Å²) < 4.78 is 4.97. The first-order valence-electron chi connectivity index (χ1n) is 6.52. The monoisotopic (exact) mass is 269 g/mol. The standard InChI is InChI=1S/C16H15NO3/c18-10-15-11-20-16(19)17(15)14-8-6-13(7-9-14)12-4-2-1-3-5-12/h1-9,15,18H,10-11H2. The fraction of sp³-hybridized carbons (Fsp3) is 0.188. The van der Waals surface area contributed by atoms with E-state index in [4.69, 9.17) is 4.74 Å². The van der Waals surface area contributed by atoms with Gasteiger partial charge in [0.05, 0.1) is 12.6 Å². The minimum absolute atomic E-state index is 0.105. The fourth-order valence-corrected chi connectivity index (χ4v) is 2.36. The molecule has 102 valence electrons. The normalized spacial score (nSPS) is 18.1. The first-order chi connectivity index (χ1) is 9.79. The largest absolute Gasteiger partial charge is 0.447 e. The molecule has 1 saturated heterocycles. The number of hydrogen-bond donors (Lipinski definition) is 1. The van der Waals surface area contributed by atoms with Gasteiger partial charge in [-0.3, -0.25) is 4.90 Å². The maximum absolute atomic E-state index is 11.7. The summed E-state index contributed by atoms with van der Waals surface area (Å²) in [7, 11) is 0. The predicted octanol–water partition coefficient (Wildman–Crippen LogP) is 2.67. The van der Waals surface area contributed by atoms with E-state index in [1.807, 2.05) is 54.6 Å². The third-order valence-electron chi connectivity index (χ3n) is 3.42. The Morgan fingerprint density at radius 3 is 2.35 bits per heavy atom. The van der Waals surface area contributed by atoms with Crippen molar-refractivity contribution < 1.29 is 14.6 Å². The molecule has 4 nitrogen and oxygen atoms in total. The van der Waals surface area contributed by atoms with E-state index in [-0.39, 0.29) is 19.3 Å². The van der Waals surface area contributed by atoms with Crippen LogP contribution in [0.3, 0.4) is 0 Å². The molecule has 3 rings (SSSR count). The van der Waals surface area contributed by atoms with Crippen LogP contribution in [0.4, 0.5) is 10.5 Å². The lowest BCUT2D eigenvalue weighted by atomic mass is 10.1. The van der Waals surface area contributed by atoms with Crippen molar-refractivity contribution in [1.82, 2.24) is 0 Å². The number of aliphatic hydroxyl groups is 1. The zero-order chi connectivity index (χ0) is 13.9. The molecule has 20 heavy (non-hydrogen) atoms. The number of rotatable bonds is 3. The number of amides is 1. The lowest BCUT2D eigenvalue weighted by Gasteiger charge is -2.19. The van der Waals surface area contributed by atoms with Crippen molar-refractivity contribution in [3.05, 3.63) is 54.6 Å². The summed E-state index contributed by atoms with van der Waals surface area (Å²) in [5.41, 5.74) is 2.95. The molecule has 0 bridgehead atoms. The van der Waals surface area contributed by atoms with Crippen molar-refractivity contribution in [3.63, 3.8) is 0 Å². The molecular weight excluding hydrogens is 254 g/mol. The number of cyclic esters (lactones) is 1. The molecule has 0 aliphatic carbocycles. The molecule has 1 aliphatic rings. The van der Waals surface area contributed by atoms with Crippen LogP contribution in [0.5, 0.6) is 0 Å². The van der Waals surface area contributed by atoms with Gasteiger partial charge < -0.3 is 9.84 Å². The van der Waals surface area contributed by atoms with Gasteiger partial charge >= 0.3 is 6.09 Å². The smallest absolute Gasteiger partial charge is 0.414 e. The molecule has 2 aromatic rings. The quantitative estimate of drug-likeness (QED) is 0.932. The first kappa shape index (κ1) is 12.7. The number of ether oxygens (including phenoxy) is 1. The second-order valence-electron chi connectivity index (χ2n) is 4.70. The van der Waals surface area contributed by atoms with Crippen LogP contribution in [0, 0.1) is 0 Å². The van der Waals surface area contributed by atoms with Gasteiger partial charge in [0, 0.05) is 5.69 Å². The van der Waals surface area contributed by atoms with Gasteiger partial charge in [0.25, 0.3) is 0 Å². The van der Waals surface area contributed by atoms with Crippen LogP contribution in [-0.4, -0.2) is 30.5 Å². The summed E-state index contributed by atoms with van der Waals surface area (Å²) >= 11 is 0. The van der Waals surface area contributed by atoms with Crippen LogP contribution in [0.2, 0.25) is 0 Å². The van der Waals surface area contributed by atoms with E-state index < -0.39 is 6.09 Å². The molecule has 1 fully saturated rings. The Kier molecular flexibility index (Phi) is 3.39. The maximum atomic E-state index is 11.7. The highest BCUT2D eigenvalue weighted by Crippen LogP contribution is 2.26. The third kappa shape index (κ3) is 2.26. The molecule has 0 aromatic heterocycles. The van der Waals surface area contributed by atoms with E-state index >= 15 is 0 Å². The van der Waals surface area contributed by atoms with E-state index in [0.717, 1.165) is 16.8 Å². The summed E-state index contributed by atoms with van der Waals surface area (Å²) in [6.45, 7) is 0.127. The summed E-state index contributed by atoms with van der Waals surface area (Å²) in [5.74, 6) is 0. The van der Waals surface area contributed by atoms with E-state index in [1.165, 1.54) is 4.90 Å². The molecule has 1 N–H and O–H groups in total. The molecule has 4 heteroatoms. The second kappa shape index (κ2) is 5.35. The van der Waals surface area contributed by atoms with Gasteiger partial charge in [-0.25, -0.2) is 4.79 Å². The van der Waals surface area contributed by atoms with E-state index in [1.54, 1.807) is 0 Å². The Morgan fingerprint density at radius 2 is 1.70 bits per heavy atom. The zero-order valence-corrected chi connectivity index (χ0v) is 10.9. The van der Waals surface area contributed by atoms with Crippen LogP contribution >= 0.6 is 0 Å². The van der Waals surface area contributed by atoms with E-state index in [0.29, 0.717) is 0 Å². The van der Waals surface area contributed by atoms with Gasteiger partial charge in [-0.1, -0.05) is 42.5 Å². The van der Waals surface area contributed by atoms with Crippen LogP contribution in [0.15, 0.2) is 54.6 Å². The topological polar surface area (TPSA) is 49.8 Å². The molecule has 1 atom stereocenters. The third-order valence-corrected chi connectivity index (χ3v) is 3.42. The predicted molar refractivity (Wildman–Crippen MR) is 76.6 cm³/mol. The van der Waals surface area contributed by atoms with Gasteiger partial charge in [-0.15, -0.1) is 0 Å². The fourth-order valence-electron chi connectivity index (χ4n) is 2.36. The Bertz CT molecular complexity index is 595. The van der Waals surface area contributed by atoms with E-state index in [9.17, 15) is 9.90 Å². The van der Waals surface area contributed by atoms with Gasteiger partial charge in [0.2, 0.25) is 0 Å². The average Bonchev–Trinajstić information content (AvgIpc) is 2.89. The Hall–Kier alpha value is -2.33. The highest BCUT2D eigenvalue weighted by molar-refractivity contribution is 5.90. The van der Waals surface area contributed by atoms with Crippen molar-refractivity contribution in [3.8, 4) is 11.1 Å². The van der Waals surface area contributed by atoms with Gasteiger partial charge in [0.1, 0.15) is 6.61 Å².